The molecule has 1 aromatic heterocycles. The van der Waals surface area contributed by atoms with E-state index in [1.54, 1.807) is 6.20 Å². The van der Waals surface area contributed by atoms with Gasteiger partial charge in [0, 0.05) is 18.8 Å². The molecule has 19 heavy (non-hydrogen) atoms. The van der Waals surface area contributed by atoms with Crippen molar-refractivity contribution in [1.82, 2.24) is 10.3 Å². The van der Waals surface area contributed by atoms with Crippen LogP contribution in [0.5, 0.6) is 0 Å². The molecule has 1 amide bonds. The van der Waals surface area contributed by atoms with Crippen molar-refractivity contribution in [2.24, 2.45) is 5.92 Å². The predicted molar refractivity (Wildman–Crippen MR) is 79.4 cm³/mol. The molecule has 0 radical (unpaired) electrons. The number of pyridine rings is 1. The van der Waals surface area contributed by atoms with Crippen molar-refractivity contribution in [1.29, 1.82) is 0 Å². The van der Waals surface area contributed by atoms with Gasteiger partial charge < -0.3 is 10.6 Å². The highest BCUT2D eigenvalue weighted by Gasteiger charge is 2.06. The van der Waals surface area contributed by atoms with Crippen molar-refractivity contribution in [3.05, 3.63) is 23.9 Å². The van der Waals surface area contributed by atoms with Crippen LogP contribution in [0.4, 0.5) is 5.82 Å². The third-order valence-electron chi connectivity index (χ3n) is 3.04. The molecular formula is C15H25N3O. The van der Waals surface area contributed by atoms with Crippen LogP contribution in [0.2, 0.25) is 0 Å². The molecule has 0 bridgehead atoms. The Labute approximate surface area is 116 Å². The lowest BCUT2D eigenvalue weighted by Crippen LogP contribution is -2.25. The third-order valence-corrected chi connectivity index (χ3v) is 3.04. The zero-order valence-electron chi connectivity index (χ0n) is 12.4. The van der Waals surface area contributed by atoms with Crippen molar-refractivity contribution in [3.63, 3.8) is 0 Å². The van der Waals surface area contributed by atoms with E-state index in [4.69, 9.17) is 0 Å². The summed E-state index contributed by atoms with van der Waals surface area (Å²) < 4.78 is 0. The van der Waals surface area contributed by atoms with Gasteiger partial charge >= 0.3 is 0 Å². The van der Waals surface area contributed by atoms with Gasteiger partial charge in [0.25, 0.3) is 5.91 Å². The number of nitrogens with one attached hydrogen (secondary N) is 2. The number of hydrogen-bond donors (Lipinski definition) is 2. The molecule has 0 aromatic carbocycles. The minimum absolute atomic E-state index is 0.0526. The first kappa shape index (κ1) is 15.5. The monoisotopic (exact) mass is 263 g/mol. The van der Waals surface area contributed by atoms with Crippen LogP contribution >= 0.6 is 0 Å². The van der Waals surface area contributed by atoms with Gasteiger partial charge in [-0.2, -0.15) is 0 Å². The predicted octanol–water partition coefficient (Wildman–Crippen LogP) is 3.07. The SMILES string of the molecule is CCC(C)Nc1ccc(C(=O)NCCC(C)C)cn1. The van der Waals surface area contributed by atoms with E-state index in [2.05, 4.69) is 43.3 Å². The summed E-state index contributed by atoms with van der Waals surface area (Å²) in [5.41, 5.74) is 0.610. The van der Waals surface area contributed by atoms with Crippen molar-refractivity contribution in [3.8, 4) is 0 Å². The maximum absolute atomic E-state index is 11.8. The second-order valence-electron chi connectivity index (χ2n) is 5.32. The Kier molecular flexibility index (Phi) is 6.33. The first-order valence-corrected chi connectivity index (χ1v) is 7.03. The molecule has 0 saturated heterocycles. The Morgan fingerprint density at radius 1 is 1.32 bits per heavy atom. The average Bonchev–Trinajstić information content (AvgIpc) is 2.38. The number of anilines is 1. The lowest BCUT2D eigenvalue weighted by Gasteiger charge is -2.12. The average molecular weight is 263 g/mol. The molecule has 4 heteroatoms. The Morgan fingerprint density at radius 3 is 2.58 bits per heavy atom. The molecule has 0 aliphatic carbocycles. The second kappa shape index (κ2) is 7.77. The van der Waals surface area contributed by atoms with Gasteiger partial charge in [-0.05, 0) is 37.8 Å². The summed E-state index contributed by atoms with van der Waals surface area (Å²) in [6.07, 6.45) is 3.65. The van der Waals surface area contributed by atoms with Gasteiger partial charge in [-0.25, -0.2) is 4.98 Å². The van der Waals surface area contributed by atoms with Crippen molar-refractivity contribution < 1.29 is 4.79 Å². The summed E-state index contributed by atoms with van der Waals surface area (Å²) in [7, 11) is 0. The van der Waals surface area contributed by atoms with Gasteiger partial charge in [-0.15, -0.1) is 0 Å². The van der Waals surface area contributed by atoms with Gasteiger partial charge in [0.05, 0.1) is 5.56 Å². The van der Waals surface area contributed by atoms with Crippen LogP contribution in [-0.2, 0) is 0 Å². The third kappa shape index (κ3) is 5.73. The molecule has 1 aromatic rings. The van der Waals surface area contributed by atoms with Crippen molar-refractivity contribution >= 4 is 11.7 Å². The number of amides is 1. The minimum Gasteiger partial charge on any atom is -0.368 e. The van der Waals surface area contributed by atoms with E-state index in [1.165, 1.54) is 0 Å². The minimum atomic E-state index is -0.0526. The van der Waals surface area contributed by atoms with Crippen LogP contribution < -0.4 is 10.6 Å². The summed E-state index contributed by atoms with van der Waals surface area (Å²) >= 11 is 0. The van der Waals surface area contributed by atoms with Gasteiger partial charge in [-0.1, -0.05) is 20.8 Å². The number of rotatable bonds is 7. The molecule has 1 heterocycles. The fraction of sp³-hybridized carbons (Fsp3) is 0.600. The van der Waals surface area contributed by atoms with Gasteiger partial charge in [0.15, 0.2) is 0 Å². The van der Waals surface area contributed by atoms with Crippen LogP contribution in [-0.4, -0.2) is 23.5 Å². The van der Waals surface area contributed by atoms with Gasteiger partial charge in [-0.3, -0.25) is 4.79 Å². The van der Waals surface area contributed by atoms with E-state index in [-0.39, 0.29) is 5.91 Å². The van der Waals surface area contributed by atoms with Crippen LogP contribution in [0.25, 0.3) is 0 Å². The van der Waals surface area contributed by atoms with Crippen LogP contribution in [0, 0.1) is 5.92 Å². The number of hydrogen-bond acceptors (Lipinski definition) is 3. The van der Waals surface area contributed by atoms with Crippen molar-refractivity contribution in [2.45, 2.75) is 46.6 Å². The van der Waals surface area contributed by atoms with E-state index < -0.39 is 0 Å². The van der Waals surface area contributed by atoms with E-state index in [1.807, 2.05) is 12.1 Å². The normalized spacial score (nSPS) is 12.3. The Balaban J connectivity index is 2.48. The summed E-state index contributed by atoms with van der Waals surface area (Å²) in [5, 5.41) is 6.18. The fourth-order valence-corrected chi connectivity index (χ4v) is 1.54. The van der Waals surface area contributed by atoms with E-state index >= 15 is 0 Å². The molecule has 4 nitrogen and oxygen atoms in total. The smallest absolute Gasteiger partial charge is 0.252 e. The first-order chi connectivity index (χ1) is 9.02. The molecule has 1 rings (SSSR count). The molecule has 0 fully saturated rings. The lowest BCUT2D eigenvalue weighted by molar-refractivity contribution is 0.0951. The molecule has 0 spiro atoms. The lowest BCUT2D eigenvalue weighted by atomic mass is 10.1. The van der Waals surface area contributed by atoms with E-state index in [0.717, 1.165) is 18.7 Å². The molecule has 0 aliphatic rings. The first-order valence-electron chi connectivity index (χ1n) is 7.03. The summed E-state index contributed by atoms with van der Waals surface area (Å²) in [6.45, 7) is 9.22. The second-order valence-corrected chi connectivity index (χ2v) is 5.32. The van der Waals surface area contributed by atoms with Crippen molar-refractivity contribution in [2.75, 3.05) is 11.9 Å². The fourth-order valence-electron chi connectivity index (χ4n) is 1.54. The quantitative estimate of drug-likeness (QED) is 0.795. The zero-order chi connectivity index (χ0) is 14.3. The van der Waals surface area contributed by atoms with Gasteiger partial charge in [0.2, 0.25) is 0 Å². The van der Waals surface area contributed by atoms with E-state index in [0.29, 0.717) is 24.1 Å². The molecule has 2 N–H and O–H groups in total. The number of carbonyl (C=O) groups is 1. The van der Waals surface area contributed by atoms with E-state index in [9.17, 15) is 4.79 Å². The maximum Gasteiger partial charge on any atom is 0.252 e. The Hall–Kier alpha value is -1.58. The molecule has 106 valence electrons. The highest BCUT2D eigenvalue weighted by molar-refractivity contribution is 5.94. The number of carbonyl (C=O) groups excluding carboxylic acids is 1. The molecule has 1 atom stereocenters. The summed E-state index contributed by atoms with van der Waals surface area (Å²) in [4.78, 5) is 16.1. The molecule has 0 saturated carbocycles. The Morgan fingerprint density at radius 2 is 2.05 bits per heavy atom. The van der Waals surface area contributed by atoms with Crippen LogP contribution in [0.3, 0.4) is 0 Å². The Bertz CT molecular complexity index is 387. The number of nitrogens with zero attached hydrogens (tertiary/aromatic N) is 1. The largest absolute Gasteiger partial charge is 0.368 e. The maximum atomic E-state index is 11.8. The van der Waals surface area contributed by atoms with Crippen LogP contribution in [0.15, 0.2) is 18.3 Å². The molecule has 1 unspecified atom stereocenters. The topological polar surface area (TPSA) is 54.0 Å². The molecular weight excluding hydrogens is 238 g/mol. The summed E-state index contributed by atoms with van der Waals surface area (Å²) in [5.74, 6) is 1.36. The zero-order valence-corrected chi connectivity index (χ0v) is 12.4. The highest BCUT2D eigenvalue weighted by atomic mass is 16.1. The number of aromatic nitrogens is 1. The highest BCUT2D eigenvalue weighted by Crippen LogP contribution is 2.08. The van der Waals surface area contributed by atoms with Crippen LogP contribution in [0.1, 0.15) is 50.9 Å². The summed E-state index contributed by atoms with van der Waals surface area (Å²) in [6, 6.07) is 4.05. The molecule has 0 aliphatic heterocycles. The standard InChI is InChI=1S/C15H25N3O/c1-5-12(4)18-14-7-6-13(10-17-14)15(19)16-9-8-11(2)3/h6-7,10-12H,5,8-9H2,1-4H3,(H,16,19)(H,17,18). The van der Waals surface area contributed by atoms with Gasteiger partial charge in [0.1, 0.15) is 5.82 Å².